The summed E-state index contributed by atoms with van der Waals surface area (Å²) in [7, 11) is 0. The molecule has 4 aromatic heterocycles. The van der Waals surface area contributed by atoms with Crippen LogP contribution >= 0.6 is 0 Å². The van der Waals surface area contributed by atoms with Crippen LogP contribution in [0.1, 0.15) is 10.4 Å². The van der Waals surface area contributed by atoms with Crippen LogP contribution in [-0.4, -0.2) is 35.6 Å². The minimum Gasteiger partial charge on any atom is -0.506 e. The van der Waals surface area contributed by atoms with Crippen LogP contribution < -0.4 is 10.1 Å². The number of fused-ring (bicyclic) bond motifs is 1. The quantitative estimate of drug-likeness (QED) is 0.581. The first-order valence-electron chi connectivity index (χ1n) is 7.57. The Bertz CT molecular complexity index is 1080. The predicted molar refractivity (Wildman–Crippen MR) is 91.2 cm³/mol. The van der Waals surface area contributed by atoms with E-state index in [0.29, 0.717) is 23.0 Å². The molecule has 4 heterocycles. The number of amides is 1. The lowest BCUT2D eigenvalue weighted by Gasteiger charge is -2.09. The van der Waals surface area contributed by atoms with Gasteiger partial charge >= 0.3 is 0 Å². The third-order valence-corrected chi connectivity index (χ3v) is 3.44. The molecule has 0 bridgehead atoms. The monoisotopic (exact) mass is 348 g/mol. The molecule has 1 amide bonds. The zero-order chi connectivity index (χ0) is 17.9. The molecule has 9 heteroatoms. The highest BCUT2D eigenvalue weighted by atomic mass is 16.5. The van der Waals surface area contributed by atoms with Gasteiger partial charge in [0.05, 0.1) is 24.2 Å². The molecule has 0 unspecified atom stereocenters. The van der Waals surface area contributed by atoms with Crippen molar-refractivity contribution in [2.45, 2.75) is 0 Å². The normalized spacial score (nSPS) is 10.6. The maximum atomic E-state index is 12.6. The first kappa shape index (κ1) is 15.5. The number of anilines is 1. The second-order valence-electron chi connectivity index (χ2n) is 5.27. The van der Waals surface area contributed by atoms with Gasteiger partial charge in [0.1, 0.15) is 29.4 Å². The molecule has 0 saturated heterocycles. The fourth-order valence-corrected chi connectivity index (χ4v) is 2.34. The largest absolute Gasteiger partial charge is 0.506 e. The van der Waals surface area contributed by atoms with E-state index in [1.165, 1.54) is 35.4 Å². The van der Waals surface area contributed by atoms with E-state index in [-0.39, 0.29) is 11.3 Å². The Hall–Kier alpha value is -4.01. The molecule has 26 heavy (non-hydrogen) atoms. The number of nitrogens with zero attached hydrogens (tertiary/aromatic N) is 5. The van der Waals surface area contributed by atoms with Gasteiger partial charge in [0.15, 0.2) is 5.65 Å². The van der Waals surface area contributed by atoms with Crippen LogP contribution in [0.4, 0.5) is 5.82 Å². The fourth-order valence-electron chi connectivity index (χ4n) is 2.34. The van der Waals surface area contributed by atoms with Crippen LogP contribution in [0, 0.1) is 0 Å². The minimum atomic E-state index is -0.402. The van der Waals surface area contributed by atoms with E-state index < -0.39 is 5.91 Å². The van der Waals surface area contributed by atoms with Gasteiger partial charge in [-0.2, -0.15) is 5.10 Å². The smallest absolute Gasteiger partial charge is 0.260 e. The minimum absolute atomic E-state index is 0.0301. The van der Waals surface area contributed by atoms with Gasteiger partial charge < -0.3 is 15.2 Å². The standard InChI is InChI=1S/C17H12N6O3/c24-11-5-12(8-18-7-11)26-13-6-14(16-20-10-21-23(16)9-13)17(25)22-15-3-1-2-4-19-15/h1-10,24H,(H,19,22,25). The first-order chi connectivity index (χ1) is 12.7. The summed E-state index contributed by atoms with van der Waals surface area (Å²) < 4.78 is 7.10. The highest BCUT2D eigenvalue weighted by Gasteiger charge is 2.16. The average Bonchev–Trinajstić information content (AvgIpc) is 3.10. The number of aromatic hydroxyl groups is 1. The number of hydrogen-bond acceptors (Lipinski definition) is 7. The number of hydrogen-bond donors (Lipinski definition) is 2. The third-order valence-electron chi connectivity index (χ3n) is 3.44. The molecule has 0 aliphatic rings. The fraction of sp³-hybridized carbons (Fsp3) is 0. The van der Waals surface area contributed by atoms with Crippen LogP contribution in [0.15, 0.2) is 61.4 Å². The summed E-state index contributed by atoms with van der Waals surface area (Å²) in [6.45, 7) is 0. The van der Waals surface area contributed by atoms with Crippen molar-refractivity contribution >= 4 is 17.4 Å². The lowest BCUT2D eigenvalue weighted by Crippen LogP contribution is -2.14. The number of aromatic nitrogens is 5. The van der Waals surface area contributed by atoms with Crippen molar-refractivity contribution in [1.29, 1.82) is 0 Å². The van der Waals surface area contributed by atoms with E-state index in [0.717, 1.165) is 0 Å². The molecule has 4 aromatic rings. The number of carbonyl (C=O) groups is 1. The zero-order valence-corrected chi connectivity index (χ0v) is 13.3. The molecular formula is C17H12N6O3. The van der Waals surface area contributed by atoms with E-state index in [1.54, 1.807) is 30.6 Å². The number of nitrogens with one attached hydrogen (secondary N) is 1. The Labute approximate surface area is 146 Å². The maximum absolute atomic E-state index is 12.6. The SMILES string of the molecule is O=C(Nc1ccccn1)c1cc(Oc2cncc(O)c2)cn2ncnc12. The first-order valence-corrected chi connectivity index (χ1v) is 7.57. The van der Waals surface area contributed by atoms with Crippen molar-refractivity contribution < 1.29 is 14.6 Å². The van der Waals surface area contributed by atoms with Crippen molar-refractivity contribution in [2.24, 2.45) is 0 Å². The summed E-state index contributed by atoms with van der Waals surface area (Å²) >= 11 is 0. The number of rotatable bonds is 4. The molecule has 0 fully saturated rings. The Morgan fingerprint density at radius 2 is 2.08 bits per heavy atom. The molecule has 0 saturated carbocycles. The maximum Gasteiger partial charge on any atom is 0.260 e. The molecule has 0 atom stereocenters. The highest BCUT2D eigenvalue weighted by molar-refractivity contribution is 6.08. The zero-order valence-electron chi connectivity index (χ0n) is 13.3. The summed E-state index contributed by atoms with van der Waals surface area (Å²) in [5.41, 5.74) is 0.638. The third kappa shape index (κ3) is 3.13. The van der Waals surface area contributed by atoms with Gasteiger partial charge in [0.25, 0.3) is 5.91 Å². The highest BCUT2D eigenvalue weighted by Crippen LogP contribution is 2.25. The van der Waals surface area contributed by atoms with Gasteiger partial charge in [-0.05, 0) is 18.2 Å². The Kier molecular flexibility index (Phi) is 3.86. The van der Waals surface area contributed by atoms with Gasteiger partial charge in [-0.3, -0.25) is 9.78 Å². The van der Waals surface area contributed by atoms with Crippen LogP contribution in [0.25, 0.3) is 5.65 Å². The summed E-state index contributed by atoms with van der Waals surface area (Å²) in [6.07, 6.45) is 7.23. The summed E-state index contributed by atoms with van der Waals surface area (Å²) in [5.74, 6) is 0.638. The Balaban J connectivity index is 1.69. The van der Waals surface area contributed by atoms with Crippen molar-refractivity contribution in [2.75, 3.05) is 5.32 Å². The summed E-state index contributed by atoms with van der Waals surface area (Å²) in [6, 6.07) is 8.14. The molecular weight excluding hydrogens is 336 g/mol. The lowest BCUT2D eigenvalue weighted by atomic mass is 10.2. The van der Waals surface area contributed by atoms with E-state index in [1.807, 2.05) is 0 Å². The molecule has 4 rings (SSSR count). The Morgan fingerprint density at radius 1 is 1.15 bits per heavy atom. The molecule has 2 N–H and O–H groups in total. The Morgan fingerprint density at radius 3 is 2.88 bits per heavy atom. The van der Waals surface area contributed by atoms with Crippen LogP contribution in [-0.2, 0) is 0 Å². The number of pyridine rings is 3. The van der Waals surface area contributed by atoms with E-state index in [2.05, 4.69) is 25.4 Å². The van der Waals surface area contributed by atoms with Crippen molar-refractivity contribution in [3.8, 4) is 17.2 Å². The van der Waals surface area contributed by atoms with Crippen LogP contribution in [0.5, 0.6) is 17.2 Å². The van der Waals surface area contributed by atoms with Crippen molar-refractivity contribution in [3.63, 3.8) is 0 Å². The molecule has 0 aliphatic heterocycles. The van der Waals surface area contributed by atoms with Crippen LogP contribution in [0.2, 0.25) is 0 Å². The van der Waals surface area contributed by atoms with Gasteiger partial charge in [0.2, 0.25) is 0 Å². The molecule has 9 nitrogen and oxygen atoms in total. The number of carbonyl (C=O) groups excluding carboxylic acids is 1. The topological polar surface area (TPSA) is 115 Å². The molecule has 128 valence electrons. The van der Waals surface area contributed by atoms with Gasteiger partial charge in [-0.1, -0.05) is 6.07 Å². The molecule has 0 radical (unpaired) electrons. The van der Waals surface area contributed by atoms with Crippen molar-refractivity contribution in [1.82, 2.24) is 24.6 Å². The van der Waals surface area contributed by atoms with Crippen molar-refractivity contribution in [3.05, 3.63) is 67.0 Å². The predicted octanol–water partition coefficient (Wildman–Crippen LogP) is 2.27. The van der Waals surface area contributed by atoms with Gasteiger partial charge in [-0.15, -0.1) is 0 Å². The molecule has 0 aliphatic carbocycles. The van der Waals surface area contributed by atoms with Gasteiger partial charge in [-0.25, -0.2) is 14.5 Å². The van der Waals surface area contributed by atoms with E-state index >= 15 is 0 Å². The lowest BCUT2D eigenvalue weighted by molar-refractivity contribution is 0.102. The number of ether oxygens (including phenoxy) is 1. The molecule has 0 spiro atoms. The second kappa shape index (κ2) is 6.48. The average molecular weight is 348 g/mol. The summed E-state index contributed by atoms with van der Waals surface area (Å²) in [5, 5.41) is 16.3. The van der Waals surface area contributed by atoms with E-state index in [9.17, 15) is 9.90 Å². The van der Waals surface area contributed by atoms with Crippen LogP contribution in [0.3, 0.4) is 0 Å². The second-order valence-corrected chi connectivity index (χ2v) is 5.27. The summed E-state index contributed by atoms with van der Waals surface area (Å²) in [4.78, 5) is 24.7. The van der Waals surface area contributed by atoms with E-state index in [4.69, 9.17) is 4.74 Å². The molecule has 0 aromatic carbocycles. The van der Waals surface area contributed by atoms with Gasteiger partial charge in [0, 0.05) is 12.3 Å².